The molecule has 1 N–H and O–H groups in total. The summed E-state index contributed by atoms with van der Waals surface area (Å²) < 4.78 is 20.3. The highest BCUT2D eigenvalue weighted by Gasteiger charge is 2.10. The van der Waals surface area contributed by atoms with Crippen molar-refractivity contribution in [3.8, 4) is 17.1 Å². The van der Waals surface area contributed by atoms with Crippen molar-refractivity contribution in [3.05, 3.63) is 35.9 Å². The molecule has 18 heavy (non-hydrogen) atoms. The molecule has 5 heteroatoms. The highest BCUT2D eigenvalue weighted by atomic mass is 19.1. The molecule has 1 aromatic heterocycles. The van der Waals surface area contributed by atoms with E-state index in [0.29, 0.717) is 17.8 Å². The first kappa shape index (κ1) is 12.6. The van der Waals surface area contributed by atoms with E-state index in [4.69, 9.17) is 9.84 Å². The van der Waals surface area contributed by atoms with Crippen LogP contribution in [0.4, 0.5) is 4.39 Å². The molecule has 1 aromatic carbocycles. The Hall–Kier alpha value is -1.88. The molecule has 1 heterocycles. The number of aryl methyl sites for hydroxylation is 1. The SMILES string of the molecule is COc1ccc(-c2nc(CCO)cn2C)cc1F. The molecule has 4 nitrogen and oxygen atoms in total. The molecule has 0 atom stereocenters. The maximum absolute atomic E-state index is 13.6. The molecule has 0 saturated heterocycles. The van der Waals surface area contributed by atoms with E-state index < -0.39 is 5.82 Å². The Morgan fingerprint density at radius 1 is 1.44 bits per heavy atom. The van der Waals surface area contributed by atoms with Crippen LogP contribution in [0, 0.1) is 5.82 Å². The van der Waals surface area contributed by atoms with Gasteiger partial charge < -0.3 is 14.4 Å². The molecule has 2 rings (SSSR count). The number of hydrogen-bond acceptors (Lipinski definition) is 3. The molecule has 0 radical (unpaired) electrons. The van der Waals surface area contributed by atoms with Crippen molar-refractivity contribution < 1.29 is 14.2 Å². The van der Waals surface area contributed by atoms with Gasteiger partial charge in [0, 0.05) is 31.8 Å². The summed E-state index contributed by atoms with van der Waals surface area (Å²) in [6.07, 6.45) is 2.32. The maximum Gasteiger partial charge on any atom is 0.165 e. The third kappa shape index (κ3) is 2.36. The number of ether oxygens (including phenoxy) is 1. The van der Waals surface area contributed by atoms with Crippen molar-refractivity contribution >= 4 is 0 Å². The lowest BCUT2D eigenvalue weighted by atomic mass is 10.2. The summed E-state index contributed by atoms with van der Waals surface area (Å²) >= 11 is 0. The van der Waals surface area contributed by atoms with Gasteiger partial charge in [-0.15, -0.1) is 0 Å². The fraction of sp³-hybridized carbons (Fsp3) is 0.308. The molecule has 0 amide bonds. The zero-order chi connectivity index (χ0) is 13.1. The van der Waals surface area contributed by atoms with Gasteiger partial charge in [-0.2, -0.15) is 0 Å². The highest BCUT2D eigenvalue weighted by molar-refractivity contribution is 5.57. The Balaban J connectivity index is 2.39. The number of nitrogens with zero attached hydrogens (tertiary/aromatic N) is 2. The summed E-state index contributed by atoms with van der Waals surface area (Å²) in [6.45, 7) is 0.0490. The summed E-state index contributed by atoms with van der Waals surface area (Å²) in [4.78, 5) is 4.36. The fourth-order valence-corrected chi connectivity index (χ4v) is 1.84. The number of benzene rings is 1. The number of rotatable bonds is 4. The topological polar surface area (TPSA) is 47.3 Å². The first-order valence-corrected chi connectivity index (χ1v) is 5.62. The second-order valence-corrected chi connectivity index (χ2v) is 3.99. The summed E-state index contributed by atoms with van der Waals surface area (Å²) in [5.41, 5.74) is 1.46. The Morgan fingerprint density at radius 3 is 2.83 bits per heavy atom. The van der Waals surface area contributed by atoms with E-state index in [9.17, 15) is 4.39 Å². The van der Waals surface area contributed by atoms with Gasteiger partial charge in [0.05, 0.1) is 12.8 Å². The molecule has 0 spiro atoms. The molecule has 96 valence electrons. The Labute approximate surface area is 105 Å². The quantitative estimate of drug-likeness (QED) is 0.899. The Bertz CT molecular complexity index is 552. The number of hydrogen-bond donors (Lipinski definition) is 1. The normalized spacial score (nSPS) is 10.7. The number of imidazole rings is 1. The lowest BCUT2D eigenvalue weighted by Gasteiger charge is -2.05. The zero-order valence-corrected chi connectivity index (χ0v) is 10.4. The van der Waals surface area contributed by atoms with Crippen molar-refractivity contribution in [2.45, 2.75) is 6.42 Å². The van der Waals surface area contributed by atoms with Crippen LogP contribution in [-0.4, -0.2) is 28.4 Å². The summed E-state index contributed by atoms with van der Waals surface area (Å²) in [7, 11) is 3.27. The van der Waals surface area contributed by atoms with Crippen molar-refractivity contribution in [2.24, 2.45) is 7.05 Å². The number of aliphatic hydroxyl groups is 1. The van der Waals surface area contributed by atoms with E-state index in [1.54, 1.807) is 12.1 Å². The monoisotopic (exact) mass is 250 g/mol. The minimum absolute atomic E-state index is 0.0490. The van der Waals surface area contributed by atoms with Crippen LogP contribution in [0.15, 0.2) is 24.4 Å². The highest BCUT2D eigenvalue weighted by Crippen LogP contribution is 2.24. The van der Waals surface area contributed by atoms with Crippen LogP contribution in [0.5, 0.6) is 5.75 Å². The van der Waals surface area contributed by atoms with Gasteiger partial charge in [-0.05, 0) is 18.2 Å². The predicted octanol–water partition coefficient (Wildman–Crippen LogP) is 1.77. The summed E-state index contributed by atoms with van der Waals surface area (Å²) in [5, 5.41) is 8.88. The van der Waals surface area contributed by atoms with Crippen LogP contribution >= 0.6 is 0 Å². The Kier molecular flexibility index (Phi) is 3.62. The molecule has 0 bridgehead atoms. The van der Waals surface area contributed by atoms with Crippen LogP contribution in [0.1, 0.15) is 5.69 Å². The molecule has 0 aliphatic rings. The Morgan fingerprint density at radius 2 is 2.22 bits per heavy atom. The largest absolute Gasteiger partial charge is 0.494 e. The molecule has 0 saturated carbocycles. The number of methoxy groups -OCH3 is 1. The van der Waals surface area contributed by atoms with E-state index in [-0.39, 0.29) is 12.4 Å². The van der Waals surface area contributed by atoms with E-state index in [0.717, 1.165) is 5.69 Å². The van der Waals surface area contributed by atoms with E-state index in [1.165, 1.54) is 13.2 Å². The number of aliphatic hydroxyl groups excluding tert-OH is 1. The molecular formula is C13H15FN2O2. The third-order valence-electron chi connectivity index (χ3n) is 2.70. The van der Waals surface area contributed by atoms with Gasteiger partial charge in [0.1, 0.15) is 5.82 Å². The average molecular weight is 250 g/mol. The van der Waals surface area contributed by atoms with E-state index in [1.807, 2.05) is 17.8 Å². The van der Waals surface area contributed by atoms with Crippen molar-refractivity contribution in [1.29, 1.82) is 0 Å². The molecule has 0 aliphatic carbocycles. The first-order chi connectivity index (χ1) is 8.65. The molecule has 0 fully saturated rings. The van der Waals surface area contributed by atoms with Gasteiger partial charge in [-0.3, -0.25) is 0 Å². The minimum Gasteiger partial charge on any atom is -0.494 e. The molecule has 0 unspecified atom stereocenters. The molecule has 0 aliphatic heterocycles. The second-order valence-electron chi connectivity index (χ2n) is 3.99. The number of aromatic nitrogens is 2. The van der Waals surface area contributed by atoms with Gasteiger partial charge in [0.25, 0.3) is 0 Å². The zero-order valence-electron chi connectivity index (χ0n) is 10.4. The minimum atomic E-state index is -0.415. The second kappa shape index (κ2) is 5.18. The van der Waals surface area contributed by atoms with Gasteiger partial charge in [-0.1, -0.05) is 0 Å². The summed E-state index contributed by atoms with van der Waals surface area (Å²) in [5.74, 6) is 0.463. The van der Waals surface area contributed by atoms with E-state index >= 15 is 0 Å². The van der Waals surface area contributed by atoms with Crippen LogP contribution in [0.25, 0.3) is 11.4 Å². The first-order valence-electron chi connectivity index (χ1n) is 5.62. The fourth-order valence-electron chi connectivity index (χ4n) is 1.84. The third-order valence-corrected chi connectivity index (χ3v) is 2.70. The van der Waals surface area contributed by atoms with E-state index in [2.05, 4.69) is 4.98 Å². The van der Waals surface area contributed by atoms with Crippen LogP contribution in [0.3, 0.4) is 0 Å². The predicted molar refractivity (Wildman–Crippen MR) is 65.9 cm³/mol. The van der Waals surface area contributed by atoms with Gasteiger partial charge in [-0.25, -0.2) is 9.37 Å². The van der Waals surface area contributed by atoms with Gasteiger partial charge in [0.2, 0.25) is 0 Å². The van der Waals surface area contributed by atoms with Crippen molar-refractivity contribution in [2.75, 3.05) is 13.7 Å². The standard InChI is InChI=1S/C13H15FN2O2/c1-16-8-10(5-6-17)15-13(16)9-3-4-12(18-2)11(14)7-9/h3-4,7-8,17H,5-6H2,1-2H3. The van der Waals surface area contributed by atoms with Crippen LogP contribution in [-0.2, 0) is 13.5 Å². The van der Waals surface area contributed by atoms with Gasteiger partial charge >= 0.3 is 0 Å². The van der Waals surface area contributed by atoms with Crippen LogP contribution < -0.4 is 4.74 Å². The van der Waals surface area contributed by atoms with Gasteiger partial charge in [0.15, 0.2) is 11.6 Å². The maximum atomic E-state index is 13.6. The average Bonchev–Trinajstić information content (AvgIpc) is 2.71. The molecular weight excluding hydrogens is 235 g/mol. The smallest absolute Gasteiger partial charge is 0.165 e. The lowest BCUT2D eigenvalue weighted by molar-refractivity contribution is 0.298. The van der Waals surface area contributed by atoms with Crippen molar-refractivity contribution in [1.82, 2.24) is 9.55 Å². The number of halogens is 1. The summed E-state index contributed by atoms with van der Waals surface area (Å²) in [6, 6.07) is 4.72. The lowest BCUT2D eigenvalue weighted by Crippen LogP contribution is -1.93. The molecule has 2 aromatic rings. The van der Waals surface area contributed by atoms with Crippen LogP contribution in [0.2, 0.25) is 0 Å². The van der Waals surface area contributed by atoms with Crippen molar-refractivity contribution in [3.63, 3.8) is 0 Å².